The van der Waals surface area contributed by atoms with Crippen LogP contribution in [0.2, 0.25) is 0 Å². The normalized spacial score (nSPS) is 9.94. The van der Waals surface area contributed by atoms with Gasteiger partial charge in [0.15, 0.2) is 0 Å². The lowest BCUT2D eigenvalue weighted by atomic mass is 10.2. The van der Waals surface area contributed by atoms with Gasteiger partial charge in [-0.05, 0) is 31.2 Å². The molecule has 0 amide bonds. The van der Waals surface area contributed by atoms with Crippen LogP contribution in [0.4, 0.5) is 4.39 Å². The molecule has 1 heterocycles. The molecule has 17 heavy (non-hydrogen) atoms. The number of pyridine rings is 1. The van der Waals surface area contributed by atoms with E-state index in [1.165, 1.54) is 22.8 Å². The second kappa shape index (κ2) is 4.22. The van der Waals surface area contributed by atoms with Crippen LogP contribution in [0.3, 0.4) is 0 Å². The maximum atomic E-state index is 13.6. The van der Waals surface area contributed by atoms with Crippen LogP contribution in [0.25, 0.3) is 5.69 Å². The molecule has 1 aromatic carbocycles. The number of nitrogens with zero attached hydrogens (tertiary/aromatic N) is 2. The molecule has 0 aliphatic carbocycles. The molecule has 0 bridgehead atoms. The molecule has 84 valence electrons. The fraction of sp³-hybridized carbons (Fsp3) is 0.0769. The minimum Gasteiger partial charge on any atom is -0.277 e. The molecule has 0 unspecified atom stereocenters. The minimum absolute atomic E-state index is 0.00106. The number of para-hydroxylation sites is 1. The summed E-state index contributed by atoms with van der Waals surface area (Å²) >= 11 is 0. The lowest BCUT2D eigenvalue weighted by molar-refractivity contribution is 0.614. The van der Waals surface area contributed by atoms with Gasteiger partial charge in [-0.15, -0.1) is 0 Å². The third-order valence-corrected chi connectivity index (χ3v) is 2.49. The predicted octanol–water partition coefficient (Wildman–Crippen LogP) is 2.16. The van der Waals surface area contributed by atoms with Crippen molar-refractivity contribution >= 4 is 0 Å². The quantitative estimate of drug-likeness (QED) is 0.750. The molecule has 0 aliphatic heterocycles. The molecule has 2 aromatic rings. The summed E-state index contributed by atoms with van der Waals surface area (Å²) in [4.78, 5) is 11.9. The van der Waals surface area contributed by atoms with E-state index in [0.29, 0.717) is 5.69 Å². The topological polar surface area (TPSA) is 45.8 Å². The molecule has 1 aromatic heterocycles. The Hall–Kier alpha value is -2.41. The van der Waals surface area contributed by atoms with E-state index in [2.05, 4.69) is 0 Å². The van der Waals surface area contributed by atoms with Gasteiger partial charge < -0.3 is 0 Å². The van der Waals surface area contributed by atoms with Gasteiger partial charge >= 0.3 is 0 Å². The average molecular weight is 228 g/mol. The SMILES string of the molecule is Cc1ccc(C#N)c(=O)n1-c1ccccc1F. The Kier molecular flexibility index (Phi) is 2.75. The first-order valence-corrected chi connectivity index (χ1v) is 5.03. The number of halogens is 1. The lowest BCUT2D eigenvalue weighted by Gasteiger charge is -2.10. The zero-order chi connectivity index (χ0) is 12.4. The van der Waals surface area contributed by atoms with Crippen molar-refractivity contribution in [1.82, 2.24) is 4.57 Å². The van der Waals surface area contributed by atoms with Gasteiger partial charge in [-0.2, -0.15) is 5.26 Å². The van der Waals surface area contributed by atoms with Crippen molar-refractivity contribution in [3.8, 4) is 11.8 Å². The fourth-order valence-corrected chi connectivity index (χ4v) is 1.65. The fourth-order valence-electron chi connectivity index (χ4n) is 1.65. The summed E-state index contributed by atoms with van der Waals surface area (Å²) in [6.07, 6.45) is 0. The smallest absolute Gasteiger partial charge is 0.273 e. The molecule has 0 aliphatic rings. The van der Waals surface area contributed by atoms with Crippen LogP contribution in [-0.4, -0.2) is 4.57 Å². The third kappa shape index (κ3) is 1.83. The van der Waals surface area contributed by atoms with E-state index in [4.69, 9.17) is 5.26 Å². The number of benzene rings is 1. The molecule has 0 radical (unpaired) electrons. The van der Waals surface area contributed by atoms with Crippen molar-refractivity contribution in [3.05, 3.63) is 63.8 Å². The summed E-state index contributed by atoms with van der Waals surface area (Å²) < 4.78 is 14.8. The first kappa shape index (κ1) is 11.1. The highest BCUT2D eigenvalue weighted by atomic mass is 19.1. The standard InChI is InChI=1S/C13H9FN2O/c1-9-6-7-10(8-15)13(17)16(9)12-5-3-2-4-11(12)14/h2-7H,1H3. The lowest BCUT2D eigenvalue weighted by Crippen LogP contribution is -2.23. The highest BCUT2D eigenvalue weighted by molar-refractivity contribution is 5.39. The molecule has 0 atom stereocenters. The Morgan fingerprint density at radius 1 is 1.24 bits per heavy atom. The van der Waals surface area contributed by atoms with Crippen LogP contribution in [0, 0.1) is 24.1 Å². The Balaban J connectivity index is 2.82. The van der Waals surface area contributed by atoms with E-state index >= 15 is 0 Å². The van der Waals surface area contributed by atoms with E-state index in [9.17, 15) is 9.18 Å². The monoisotopic (exact) mass is 228 g/mol. The Bertz CT molecular complexity index is 668. The maximum Gasteiger partial charge on any atom is 0.273 e. The Morgan fingerprint density at radius 3 is 2.59 bits per heavy atom. The Labute approximate surface area is 97.4 Å². The van der Waals surface area contributed by atoms with Gasteiger partial charge in [-0.25, -0.2) is 4.39 Å². The van der Waals surface area contributed by atoms with Crippen molar-refractivity contribution in [2.75, 3.05) is 0 Å². The zero-order valence-electron chi connectivity index (χ0n) is 9.14. The minimum atomic E-state index is -0.502. The molecule has 0 N–H and O–H groups in total. The molecular weight excluding hydrogens is 219 g/mol. The number of rotatable bonds is 1. The number of nitriles is 1. The van der Waals surface area contributed by atoms with Gasteiger partial charge in [-0.1, -0.05) is 12.1 Å². The largest absolute Gasteiger partial charge is 0.277 e. The molecule has 0 fully saturated rings. The van der Waals surface area contributed by atoms with E-state index in [-0.39, 0.29) is 11.3 Å². The van der Waals surface area contributed by atoms with E-state index in [0.717, 1.165) is 0 Å². The van der Waals surface area contributed by atoms with Crippen LogP contribution in [0.1, 0.15) is 11.3 Å². The van der Waals surface area contributed by atoms with Gasteiger partial charge in [0.1, 0.15) is 17.4 Å². The highest BCUT2D eigenvalue weighted by Gasteiger charge is 2.10. The third-order valence-electron chi connectivity index (χ3n) is 2.49. The van der Waals surface area contributed by atoms with Crippen LogP contribution in [0.15, 0.2) is 41.2 Å². The van der Waals surface area contributed by atoms with E-state index in [1.807, 2.05) is 0 Å². The van der Waals surface area contributed by atoms with Gasteiger partial charge in [0.05, 0.1) is 5.69 Å². The second-order valence-electron chi connectivity index (χ2n) is 3.59. The molecule has 0 saturated heterocycles. The van der Waals surface area contributed by atoms with Crippen molar-refractivity contribution in [3.63, 3.8) is 0 Å². The summed E-state index contributed by atoms with van der Waals surface area (Å²) in [5, 5.41) is 8.79. The molecular formula is C13H9FN2O. The van der Waals surface area contributed by atoms with E-state index < -0.39 is 11.4 Å². The van der Waals surface area contributed by atoms with Gasteiger partial charge in [-0.3, -0.25) is 9.36 Å². The van der Waals surface area contributed by atoms with Crippen LogP contribution >= 0.6 is 0 Å². The van der Waals surface area contributed by atoms with Crippen molar-refractivity contribution in [2.24, 2.45) is 0 Å². The highest BCUT2D eigenvalue weighted by Crippen LogP contribution is 2.13. The van der Waals surface area contributed by atoms with Crippen molar-refractivity contribution in [1.29, 1.82) is 5.26 Å². The summed E-state index contributed by atoms with van der Waals surface area (Å²) in [6, 6.07) is 10.8. The summed E-state index contributed by atoms with van der Waals surface area (Å²) in [7, 11) is 0. The first-order chi connectivity index (χ1) is 8.15. The van der Waals surface area contributed by atoms with Gasteiger partial charge in [0.2, 0.25) is 0 Å². The number of hydrogen-bond donors (Lipinski definition) is 0. The second-order valence-corrected chi connectivity index (χ2v) is 3.59. The molecule has 0 spiro atoms. The number of aryl methyl sites for hydroxylation is 1. The van der Waals surface area contributed by atoms with Crippen LogP contribution in [0.5, 0.6) is 0 Å². The van der Waals surface area contributed by atoms with Crippen molar-refractivity contribution in [2.45, 2.75) is 6.92 Å². The van der Waals surface area contributed by atoms with Crippen molar-refractivity contribution < 1.29 is 4.39 Å². The van der Waals surface area contributed by atoms with Crippen LogP contribution in [-0.2, 0) is 0 Å². The predicted molar refractivity (Wildman–Crippen MR) is 61.4 cm³/mol. The van der Waals surface area contributed by atoms with Crippen LogP contribution < -0.4 is 5.56 Å². The molecule has 3 nitrogen and oxygen atoms in total. The molecule has 4 heteroatoms. The summed E-state index contributed by atoms with van der Waals surface area (Å²) in [6.45, 7) is 1.69. The van der Waals surface area contributed by atoms with Gasteiger partial charge in [0.25, 0.3) is 5.56 Å². The van der Waals surface area contributed by atoms with E-state index in [1.54, 1.807) is 31.2 Å². The average Bonchev–Trinajstić information content (AvgIpc) is 2.32. The zero-order valence-corrected chi connectivity index (χ0v) is 9.14. The van der Waals surface area contributed by atoms with Gasteiger partial charge in [0, 0.05) is 5.69 Å². The number of aromatic nitrogens is 1. The number of hydrogen-bond acceptors (Lipinski definition) is 2. The Morgan fingerprint density at radius 2 is 1.94 bits per heavy atom. The maximum absolute atomic E-state index is 13.6. The summed E-state index contributed by atoms with van der Waals surface area (Å²) in [5.41, 5.74) is 0.239. The molecule has 2 rings (SSSR count). The molecule has 0 saturated carbocycles. The first-order valence-electron chi connectivity index (χ1n) is 5.03. The summed E-state index contributed by atoms with van der Waals surface area (Å²) in [5.74, 6) is -0.493.